The van der Waals surface area contributed by atoms with E-state index in [1.165, 1.54) is 20.3 Å². The molecule has 1 rings (SSSR count). The number of aliphatic carboxylic acids is 1. The van der Waals surface area contributed by atoms with Crippen LogP contribution in [-0.4, -0.2) is 30.4 Å². The average Bonchev–Trinajstić information content (AvgIpc) is 2.25. The first-order chi connectivity index (χ1) is 8.74. The second-order valence-corrected chi connectivity index (χ2v) is 5.57. The first-order valence-corrected chi connectivity index (χ1v) is 6.39. The Hall–Kier alpha value is -1.43. The molecule has 0 atom stereocenters. The van der Waals surface area contributed by atoms with Gasteiger partial charge in [-0.15, -0.1) is 0 Å². The van der Waals surface area contributed by atoms with Gasteiger partial charge in [-0.05, 0) is 15.9 Å². The number of phenolic OH excluding ortho intramolecular Hbond substituents is 1. The lowest BCUT2D eigenvalue weighted by Gasteiger charge is -2.27. The first-order valence-electron chi connectivity index (χ1n) is 5.60. The summed E-state index contributed by atoms with van der Waals surface area (Å²) in [7, 11) is 2.94. The minimum absolute atomic E-state index is 0.0317. The zero-order chi connectivity index (χ0) is 14.8. The van der Waals surface area contributed by atoms with Crippen molar-refractivity contribution < 1.29 is 24.5 Å². The van der Waals surface area contributed by atoms with Gasteiger partial charge in [-0.25, -0.2) is 0 Å². The minimum Gasteiger partial charge on any atom is -0.507 e. The van der Waals surface area contributed by atoms with E-state index >= 15 is 0 Å². The van der Waals surface area contributed by atoms with E-state index in [-0.39, 0.29) is 12.2 Å². The smallest absolute Gasteiger partial charge is 0.304 e. The highest BCUT2D eigenvalue weighted by molar-refractivity contribution is 9.10. The summed E-state index contributed by atoms with van der Waals surface area (Å²) in [6.45, 7) is 3.49. The first kappa shape index (κ1) is 15.6. The van der Waals surface area contributed by atoms with Gasteiger partial charge in [0.25, 0.3) is 0 Å². The SMILES string of the molecule is COc1cc(O)c(C(C)(C)CC(=O)O)c(Br)c1OC. The molecule has 0 unspecified atom stereocenters. The number of phenols is 1. The van der Waals surface area contributed by atoms with Crippen LogP contribution in [0.2, 0.25) is 0 Å². The molecule has 0 bridgehead atoms. The predicted octanol–water partition coefficient (Wildman–Crippen LogP) is 2.92. The second-order valence-electron chi connectivity index (χ2n) is 4.77. The number of carbonyl (C=O) groups is 1. The van der Waals surface area contributed by atoms with Crippen molar-refractivity contribution in [3.63, 3.8) is 0 Å². The maximum Gasteiger partial charge on any atom is 0.304 e. The molecule has 0 aromatic heterocycles. The van der Waals surface area contributed by atoms with E-state index in [9.17, 15) is 9.90 Å². The van der Waals surface area contributed by atoms with Gasteiger partial charge >= 0.3 is 5.97 Å². The van der Waals surface area contributed by atoms with Gasteiger partial charge < -0.3 is 19.7 Å². The normalized spacial score (nSPS) is 11.2. The molecule has 0 aliphatic heterocycles. The molecule has 2 N–H and O–H groups in total. The number of carboxylic acids is 1. The Kier molecular flexibility index (Phi) is 4.68. The van der Waals surface area contributed by atoms with Crippen molar-refractivity contribution in [3.8, 4) is 17.2 Å². The van der Waals surface area contributed by atoms with Crippen molar-refractivity contribution in [2.45, 2.75) is 25.7 Å². The largest absolute Gasteiger partial charge is 0.507 e. The fourth-order valence-corrected chi connectivity index (χ4v) is 3.15. The zero-order valence-electron chi connectivity index (χ0n) is 11.3. The maximum absolute atomic E-state index is 10.9. The van der Waals surface area contributed by atoms with Crippen molar-refractivity contribution in [2.24, 2.45) is 0 Å². The number of hydrogen-bond acceptors (Lipinski definition) is 4. The van der Waals surface area contributed by atoms with Gasteiger partial charge in [-0.2, -0.15) is 0 Å². The summed E-state index contributed by atoms with van der Waals surface area (Å²) in [5.74, 6) is -0.169. The van der Waals surface area contributed by atoms with Crippen LogP contribution in [0.3, 0.4) is 0 Å². The number of ether oxygens (including phenoxy) is 2. The molecule has 0 amide bonds. The van der Waals surface area contributed by atoms with Crippen LogP contribution >= 0.6 is 15.9 Å². The second kappa shape index (κ2) is 5.69. The molecule has 0 aliphatic rings. The summed E-state index contributed by atoms with van der Waals surface area (Å²) < 4.78 is 10.8. The number of halogens is 1. The molecule has 6 heteroatoms. The predicted molar refractivity (Wildman–Crippen MR) is 74.2 cm³/mol. The quantitative estimate of drug-likeness (QED) is 0.866. The fraction of sp³-hybridized carbons (Fsp3) is 0.462. The number of aromatic hydroxyl groups is 1. The van der Waals surface area contributed by atoms with Crippen LogP contribution in [0.5, 0.6) is 17.2 Å². The third-order valence-corrected chi connectivity index (χ3v) is 3.62. The Balaban J connectivity index is 3.48. The highest BCUT2D eigenvalue weighted by Gasteiger charge is 2.32. The Morgan fingerprint density at radius 1 is 1.37 bits per heavy atom. The Morgan fingerprint density at radius 3 is 2.37 bits per heavy atom. The number of benzene rings is 1. The molecule has 5 nitrogen and oxygen atoms in total. The summed E-state index contributed by atoms with van der Waals surface area (Å²) >= 11 is 3.35. The standard InChI is InChI=1S/C13H17BrO5/c1-13(2,6-9(16)17)10-7(15)5-8(18-3)12(19-4)11(10)14/h5,15H,6H2,1-4H3,(H,16,17). The minimum atomic E-state index is -0.939. The number of hydrogen-bond donors (Lipinski definition) is 2. The van der Waals surface area contributed by atoms with Gasteiger partial charge in [0.1, 0.15) is 5.75 Å². The van der Waals surface area contributed by atoms with E-state index in [1.54, 1.807) is 13.8 Å². The monoisotopic (exact) mass is 332 g/mol. The Morgan fingerprint density at radius 2 is 1.95 bits per heavy atom. The molecule has 0 saturated carbocycles. The molecular formula is C13H17BrO5. The van der Waals surface area contributed by atoms with Crippen molar-refractivity contribution in [1.82, 2.24) is 0 Å². The van der Waals surface area contributed by atoms with Crippen LogP contribution in [0.1, 0.15) is 25.8 Å². The summed E-state index contributed by atoms with van der Waals surface area (Å²) in [5, 5.41) is 19.1. The van der Waals surface area contributed by atoms with Gasteiger partial charge in [0.2, 0.25) is 0 Å². The number of rotatable bonds is 5. The molecule has 1 aromatic rings. The van der Waals surface area contributed by atoms with Gasteiger partial charge in [0, 0.05) is 17.0 Å². The molecule has 0 fully saturated rings. The lowest BCUT2D eigenvalue weighted by atomic mass is 9.81. The lowest BCUT2D eigenvalue weighted by Crippen LogP contribution is -2.22. The molecule has 1 aromatic carbocycles. The molecule has 0 aliphatic carbocycles. The summed E-state index contributed by atoms with van der Waals surface area (Å²) in [5.41, 5.74) is -0.276. The van der Waals surface area contributed by atoms with E-state index in [0.29, 0.717) is 21.5 Å². The van der Waals surface area contributed by atoms with E-state index in [1.807, 2.05) is 0 Å². The van der Waals surface area contributed by atoms with Gasteiger partial charge in [0.05, 0.1) is 25.1 Å². The van der Waals surface area contributed by atoms with E-state index in [4.69, 9.17) is 14.6 Å². The molecular weight excluding hydrogens is 316 g/mol. The van der Waals surface area contributed by atoms with Crippen molar-refractivity contribution in [3.05, 3.63) is 16.1 Å². The molecule has 0 saturated heterocycles. The third-order valence-electron chi connectivity index (χ3n) is 2.86. The molecule has 19 heavy (non-hydrogen) atoms. The van der Waals surface area contributed by atoms with Crippen LogP contribution in [0.4, 0.5) is 0 Å². The molecule has 0 spiro atoms. The van der Waals surface area contributed by atoms with E-state index in [0.717, 1.165) is 0 Å². The maximum atomic E-state index is 10.9. The van der Waals surface area contributed by atoms with E-state index < -0.39 is 11.4 Å². The number of methoxy groups -OCH3 is 2. The van der Waals surface area contributed by atoms with Gasteiger partial charge in [-0.3, -0.25) is 4.79 Å². The highest BCUT2D eigenvalue weighted by Crippen LogP contribution is 2.48. The van der Waals surface area contributed by atoms with Crippen molar-refractivity contribution in [1.29, 1.82) is 0 Å². The van der Waals surface area contributed by atoms with E-state index in [2.05, 4.69) is 15.9 Å². The summed E-state index contributed by atoms with van der Waals surface area (Å²) in [4.78, 5) is 10.9. The van der Waals surface area contributed by atoms with Crippen LogP contribution < -0.4 is 9.47 Å². The fourth-order valence-electron chi connectivity index (χ4n) is 2.05. The van der Waals surface area contributed by atoms with Crippen molar-refractivity contribution in [2.75, 3.05) is 14.2 Å². The van der Waals surface area contributed by atoms with Crippen LogP contribution in [0, 0.1) is 0 Å². The topological polar surface area (TPSA) is 76.0 Å². The van der Waals surface area contributed by atoms with Gasteiger partial charge in [-0.1, -0.05) is 13.8 Å². The van der Waals surface area contributed by atoms with Gasteiger partial charge in [0.15, 0.2) is 11.5 Å². The summed E-state index contributed by atoms with van der Waals surface area (Å²) in [6, 6.07) is 1.42. The van der Waals surface area contributed by atoms with Crippen LogP contribution in [0.25, 0.3) is 0 Å². The molecule has 0 radical (unpaired) electrons. The third kappa shape index (κ3) is 3.12. The Labute approximate surface area is 120 Å². The Bertz CT molecular complexity index is 496. The highest BCUT2D eigenvalue weighted by atomic mass is 79.9. The van der Waals surface area contributed by atoms with Crippen LogP contribution in [-0.2, 0) is 10.2 Å². The lowest BCUT2D eigenvalue weighted by molar-refractivity contribution is -0.138. The summed E-state index contributed by atoms with van der Waals surface area (Å²) in [6.07, 6.45) is -0.116. The molecule has 0 heterocycles. The van der Waals surface area contributed by atoms with Crippen LogP contribution in [0.15, 0.2) is 10.5 Å². The average molecular weight is 333 g/mol. The molecule has 106 valence electrons. The number of carboxylic acid groups (broad SMARTS) is 1. The zero-order valence-corrected chi connectivity index (χ0v) is 12.9. The van der Waals surface area contributed by atoms with Crippen molar-refractivity contribution >= 4 is 21.9 Å².